The van der Waals surface area contributed by atoms with E-state index in [2.05, 4.69) is 60.3 Å². The molecule has 1 aromatic carbocycles. The fraction of sp³-hybridized carbons (Fsp3) is 0.333. The summed E-state index contributed by atoms with van der Waals surface area (Å²) in [6.07, 6.45) is 1.62. The number of benzene rings is 1. The molecule has 1 aromatic heterocycles. The second kappa shape index (κ2) is 5.17. The summed E-state index contributed by atoms with van der Waals surface area (Å²) in [6, 6.07) is 8.42. The normalized spacial score (nSPS) is 10.7. The third kappa shape index (κ3) is 2.35. The number of rotatable bonds is 3. The summed E-state index contributed by atoms with van der Waals surface area (Å²) in [7, 11) is 1.90. The van der Waals surface area contributed by atoms with Crippen LogP contribution in [0.3, 0.4) is 0 Å². The van der Waals surface area contributed by atoms with Crippen molar-refractivity contribution in [3.8, 4) is 11.3 Å². The first-order chi connectivity index (χ1) is 8.63. The van der Waals surface area contributed by atoms with Crippen LogP contribution in [0.5, 0.6) is 0 Å². The maximum Gasteiger partial charge on any atom is 0.133 e. The lowest BCUT2D eigenvalue weighted by Gasteiger charge is -2.15. The Bertz CT molecular complexity index is 547. The molecule has 0 aliphatic heterocycles. The summed E-state index contributed by atoms with van der Waals surface area (Å²) in [4.78, 5) is 8.77. The van der Waals surface area contributed by atoms with Crippen LogP contribution >= 0.6 is 0 Å². The largest absolute Gasteiger partial charge is 0.373 e. The van der Waals surface area contributed by atoms with E-state index in [0.29, 0.717) is 5.92 Å². The Labute approximate surface area is 108 Å². The highest BCUT2D eigenvalue weighted by atomic mass is 15.0. The molecule has 0 bridgehead atoms. The van der Waals surface area contributed by atoms with Crippen molar-refractivity contribution >= 4 is 5.82 Å². The summed E-state index contributed by atoms with van der Waals surface area (Å²) in [5, 5.41) is 3.15. The van der Waals surface area contributed by atoms with Gasteiger partial charge in [0.15, 0.2) is 0 Å². The fourth-order valence-electron chi connectivity index (χ4n) is 2.16. The second-order valence-corrected chi connectivity index (χ2v) is 4.76. The third-order valence-corrected chi connectivity index (χ3v) is 2.99. The van der Waals surface area contributed by atoms with Gasteiger partial charge in [-0.3, -0.25) is 0 Å². The zero-order valence-electron chi connectivity index (χ0n) is 11.4. The van der Waals surface area contributed by atoms with Crippen molar-refractivity contribution in [2.45, 2.75) is 26.7 Å². The van der Waals surface area contributed by atoms with E-state index in [1.165, 1.54) is 11.1 Å². The lowest BCUT2D eigenvalue weighted by atomic mass is 9.96. The number of nitrogens with zero attached hydrogens (tertiary/aromatic N) is 2. The molecule has 0 saturated carbocycles. The quantitative estimate of drug-likeness (QED) is 0.892. The third-order valence-electron chi connectivity index (χ3n) is 2.99. The SMILES string of the molecule is CNc1ncnc(-c2cccc(C)c2)c1C(C)C. The topological polar surface area (TPSA) is 37.8 Å². The average molecular weight is 241 g/mol. The van der Waals surface area contributed by atoms with Crippen LogP contribution in [0.25, 0.3) is 11.3 Å². The summed E-state index contributed by atoms with van der Waals surface area (Å²) in [5.74, 6) is 1.29. The van der Waals surface area contributed by atoms with Gasteiger partial charge in [0.05, 0.1) is 5.69 Å². The van der Waals surface area contributed by atoms with E-state index in [1.54, 1.807) is 6.33 Å². The first-order valence-corrected chi connectivity index (χ1v) is 6.23. The minimum Gasteiger partial charge on any atom is -0.373 e. The molecule has 1 N–H and O–H groups in total. The van der Waals surface area contributed by atoms with E-state index in [4.69, 9.17) is 0 Å². The molecule has 3 nitrogen and oxygen atoms in total. The number of aryl methyl sites for hydroxylation is 1. The second-order valence-electron chi connectivity index (χ2n) is 4.76. The van der Waals surface area contributed by atoms with E-state index < -0.39 is 0 Å². The van der Waals surface area contributed by atoms with Crippen LogP contribution in [0.2, 0.25) is 0 Å². The van der Waals surface area contributed by atoms with E-state index in [0.717, 1.165) is 17.1 Å². The monoisotopic (exact) mass is 241 g/mol. The summed E-state index contributed by atoms with van der Waals surface area (Å²) < 4.78 is 0. The summed E-state index contributed by atoms with van der Waals surface area (Å²) in [5.41, 5.74) is 4.59. The highest BCUT2D eigenvalue weighted by Crippen LogP contribution is 2.31. The van der Waals surface area contributed by atoms with Crippen LogP contribution in [-0.4, -0.2) is 17.0 Å². The van der Waals surface area contributed by atoms with E-state index in [9.17, 15) is 0 Å². The number of nitrogens with one attached hydrogen (secondary N) is 1. The van der Waals surface area contributed by atoms with Crippen molar-refractivity contribution in [3.05, 3.63) is 41.7 Å². The molecule has 18 heavy (non-hydrogen) atoms. The molecular formula is C15H19N3. The van der Waals surface area contributed by atoms with Gasteiger partial charge in [0.25, 0.3) is 0 Å². The first kappa shape index (κ1) is 12.6. The van der Waals surface area contributed by atoms with Crippen molar-refractivity contribution < 1.29 is 0 Å². The molecule has 2 aromatic rings. The lowest BCUT2D eigenvalue weighted by Crippen LogP contribution is -2.04. The van der Waals surface area contributed by atoms with Gasteiger partial charge in [-0.2, -0.15) is 0 Å². The Morgan fingerprint density at radius 1 is 1.17 bits per heavy atom. The van der Waals surface area contributed by atoms with Gasteiger partial charge in [0, 0.05) is 18.2 Å². The maximum absolute atomic E-state index is 4.47. The Balaban J connectivity index is 2.63. The van der Waals surface area contributed by atoms with Crippen LogP contribution in [-0.2, 0) is 0 Å². The van der Waals surface area contributed by atoms with Crippen molar-refractivity contribution in [2.75, 3.05) is 12.4 Å². The number of hydrogen-bond donors (Lipinski definition) is 1. The zero-order valence-corrected chi connectivity index (χ0v) is 11.4. The predicted molar refractivity (Wildman–Crippen MR) is 75.8 cm³/mol. The molecule has 0 aliphatic rings. The number of hydrogen-bond acceptors (Lipinski definition) is 3. The van der Waals surface area contributed by atoms with Crippen LogP contribution in [0.15, 0.2) is 30.6 Å². The van der Waals surface area contributed by atoms with Gasteiger partial charge in [0.2, 0.25) is 0 Å². The van der Waals surface area contributed by atoms with E-state index in [-0.39, 0.29) is 0 Å². The molecule has 94 valence electrons. The molecule has 0 spiro atoms. The Hall–Kier alpha value is -1.90. The van der Waals surface area contributed by atoms with Gasteiger partial charge in [-0.25, -0.2) is 9.97 Å². The highest BCUT2D eigenvalue weighted by molar-refractivity contribution is 5.69. The minimum atomic E-state index is 0.379. The van der Waals surface area contributed by atoms with Gasteiger partial charge in [0.1, 0.15) is 12.1 Å². The fourth-order valence-corrected chi connectivity index (χ4v) is 2.16. The summed E-state index contributed by atoms with van der Waals surface area (Å²) >= 11 is 0. The Kier molecular flexibility index (Phi) is 3.60. The summed E-state index contributed by atoms with van der Waals surface area (Å²) in [6.45, 7) is 6.43. The molecule has 3 heteroatoms. The van der Waals surface area contributed by atoms with E-state index in [1.807, 2.05) is 7.05 Å². The molecule has 0 radical (unpaired) electrons. The van der Waals surface area contributed by atoms with Gasteiger partial charge in [-0.15, -0.1) is 0 Å². The maximum atomic E-state index is 4.47. The van der Waals surface area contributed by atoms with Crippen molar-refractivity contribution in [3.63, 3.8) is 0 Å². The van der Waals surface area contributed by atoms with Crippen molar-refractivity contribution in [2.24, 2.45) is 0 Å². The van der Waals surface area contributed by atoms with Gasteiger partial charge in [-0.1, -0.05) is 37.6 Å². The Morgan fingerprint density at radius 3 is 2.56 bits per heavy atom. The average Bonchev–Trinajstić information content (AvgIpc) is 2.37. The number of anilines is 1. The lowest BCUT2D eigenvalue weighted by molar-refractivity contribution is 0.852. The van der Waals surface area contributed by atoms with Gasteiger partial charge < -0.3 is 5.32 Å². The predicted octanol–water partition coefficient (Wildman–Crippen LogP) is 3.62. The molecule has 1 heterocycles. The zero-order chi connectivity index (χ0) is 13.1. The van der Waals surface area contributed by atoms with Crippen LogP contribution in [0.1, 0.15) is 30.9 Å². The highest BCUT2D eigenvalue weighted by Gasteiger charge is 2.15. The van der Waals surface area contributed by atoms with Crippen molar-refractivity contribution in [1.29, 1.82) is 0 Å². The molecular weight excluding hydrogens is 222 g/mol. The van der Waals surface area contributed by atoms with Crippen LogP contribution < -0.4 is 5.32 Å². The standard InChI is InChI=1S/C15H19N3/c1-10(2)13-14(17-9-18-15(13)16-4)12-7-5-6-11(3)8-12/h5-10H,1-4H3,(H,16,17,18). The van der Waals surface area contributed by atoms with Crippen LogP contribution in [0.4, 0.5) is 5.82 Å². The van der Waals surface area contributed by atoms with Gasteiger partial charge in [-0.05, 0) is 18.9 Å². The molecule has 2 rings (SSSR count). The molecule has 0 aliphatic carbocycles. The smallest absolute Gasteiger partial charge is 0.133 e. The minimum absolute atomic E-state index is 0.379. The Morgan fingerprint density at radius 2 is 1.94 bits per heavy atom. The van der Waals surface area contributed by atoms with Crippen LogP contribution in [0, 0.1) is 6.92 Å². The van der Waals surface area contributed by atoms with Crippen molar-refractivity contribution in [1.82, 2.24) is 9.97 Å². The van der Waals surface area contributed by atoms with Gasteiger partial charge >= 0.3 is 0 Å². The number of aromatic nitrogens is 2. The molecule has 0 saturated heterocycles. The first-order valence-electron chi connectivity index (χ1n) is 6.23. The molecule has 0 amide bonds. The molecule has 0 atom stereocenters. The van der Waals surface area contributed by atoms with E-state index >= 15 is 0 Å². The molecule has 0 unspecified atom stereocenters. The molecule has 0 fully saturated rings.